The van der Waals surface area contributed by atoms with Gasteiger partial charge in [-0.2, -0.15) is 0 Å². The number of anilines is 1. The average Bonchev–Trinajstić information content (AvgIpc) is 2.59. The van der Waals surface area contributed by atoms with Crippen LogP contribution < -0.4 is 10.2 Å². The van der Waals surface area contributed by atoms with Gasteiger partial charge in [0.05, 0.1) is 17.4 Å². The summed E-state index contributed by atoms with van der Waals surface area (Å²) in [7, 11) is 1.70. The molecule has 1 aromatic carbocycles. The first-order valence-corrected chi connectivity index (χ1v) is 8.60. The highest BCUT2D eigenvalue weighted by Crippen LogP contribution is 2.43. The van der Waals surface area contributed by atoms with E-state index in [-0.39, 0.29) is 29.4 Å². The molecule has 5 heteroatoms. The fraction of sp³-hybridized carbons (Fsp3) is 0.579. The van der Waals surface area contributed by atoms with Crippen molar-refractivity contribution in [2.75, 3.05) is 18.6 Å². The molecule has 0 aromatic heterocycles. The average molecular weight is 332 g/mol. The molecule has 0 aliphatic heterocycles. The molecule has 1 aliphatic rings. The molecule has 2 rings (SSSR count). The predicted octanol–water partition coefficient (Wildman–Crippen LogP) is 2.99. The van der Waals surface area contributed by atoms with Crippen molar-refractivity contribution in [3.63, 3.8) is 0 Å². The maximum absolute atomic E-state index is 12.7. The molecule has 2 atom stereocenters. The van der Waals surface area contributed by atoms with E-state index in [0.29, 0.717) is 24.3 Å². The van der Waals surface area contributed by atoms with E-state index in [2.05, 4.69) is 19.2 Å². The van der Waals surface area contributed by atoms with Crippen LogP contribution >= 0.6 is 0 Å². The Morgan fingerprint density at radius 1 is 1.29 bits per heavy atom. The molecule has 1 aliphatic carbocycles. The molecule has 1 N–H and O–H groups in total. The number of benzene rings is 1. The van der Waals surface area contributed by atoms with Crippen LogP contribution in [-0.2, 0) is 9.53 Å². The van der Waals surface area contributed by atoms with Crippen LogP contribution in [0, 0.1) is 5.41 Å². The topological polar surface area (TPSA) is 58.6 Å². The lowest BCUT2D eigenvalue weighted by atomic mass is 9.64. The summed E-state index contributed by atoms with van der Waals surface area (Å²) in [5.74, 6) is -0.162. The lowest BCUT2D eigenvalue weighted by Gasteiger charge is -2.51. The summed E-state index contributed by atoms with van der Waals surface area (Å²) in [6.45, 7) is 8.70. The van der Waals surface area contributed by atoms with Gasteiger partial charge in [-0.15, -0.1) is 0 Å². The number of nitrogens with zero attached hydrogens (tertiary/aromatic N) is 1. The molecule has 2 amide bonds. The predicted molar refractivity (Wildman–Crippen MR) is 95.2 cm³/mol. The van der Waals surface area contributed by atoms with Gasteiger partial charge in [0.15, 0.2) is 0 Å². The zero-order valence-electron chi connectivity index (χ0n) is 15.3. The summed E-state index contributed by atoms with van der Waals surface area (Å²) in [5.41, 5.74) is 1.07. The highest BCUT2D eigenvalue weighted by molar-refractivity contribution is 6.04. The summed E-state index contributed by atoms with van der Waals surface area (Å²) >= 11 is 0. The second-order valence-electron chi connectivity index (χ2n) is 6.85. The van der Waals surface area contributed by atoms with Crippen LogP contribution in [0.25, 0.3) is 0 Å². The van der Waals surface area contributed by atoms with E-state index in [1.54, 1.807) is 24.1 Å². The Morgan fingerprint density at radius 2 is 1.96 bits per heavy atom. The molecule has 132 valence electrons. The van der Waals surface area contributed by atoms with Gasteiger partial charge in [0.25, 0.3) is 5.91 Å². The first-order chi connectivity index (χ1) is 11.3. The van der Waals surface area contributed by atoms with Crippen molar-refractivity contribution in [2.45, 2.75) is 52.7 Å². The summed E-state index contributed by atoms with van der Waals surface area (Å²) in [5, 5.41) is 3.11. The molecule has 0 bridgehead atoms. The van der Waals surface area contributed by atoms with Crippen LogP contribution in [0.15, 0.2) is 24.3 Å². The van der Waals surface area contributed by atoms with E-state index in [1.807, 2.05) is 26.0 Å². The van der Waals surface area contributed by atoms with Crippen molar-refractivity contribution in [2.24, 2.45) is 5.41 Å². The van der Waals surface area contributed by atoms with Crippen molar-refractivity contribution in [1.82, 2.24) is 5.32 Å². The van der Waals surface area contributed by atoms with Crippen molar-refractivity contribution >= 4 is 17.5 Å². The van der Waals surface area contributed by atoms with Crippen LogP contribution in [0.3, 0.4) is 0 Å². The maximum Gasteiger partial charge on any atom is 0.253 e. The zero-order chi connectivity index (χ0) is 17.9. The van der Waals surface area contributed by atoms with Gasteiger partial charge >= 0.3 is 0 Å². The van der Waals surface area contributed by atoms with Crippen LogP contribution in [0.5, 0.6) is 0 Å². The van der Waals surface area contributed by atoms with Gasteiger partial charge in [-0.05, 0) is 25.5 Å². The largest absolute Gasteiger partial charge is 0.378 e. The molecule has 1 saturated carbocycles. The van der Waals surface area contributed by atoms with Crippen LogP contribution in [0.4, 0.5) is 5.69 Å². The smallest absolute Gasteiger partial charge is 0.253 e. The quantitative estimate of drug-likeness (QED) is 0.871. The number of rotatable bonds is 6. The molecular weight excluding hydrogens is 304 g/mol. The van der Waals surface area contributed by atoms with Crippen LogP contribution in [0.1, 0.15) is 50.9 Å². The monoisotopic (exact) mass is 332 g/mol. The SMILES string of the molecule is CCO[C@@H]1C[C@@H](NC(=O)c2ccccc2N(C)C(=O)CC)C1(C)C. The van der Waals surface area contributed by atoms with Crippen molar-refractivity contribution in [3.8, 4) is 0 Å². The van der Waals surface area contributed by atoms with E-state index in [0.717, 1.165) is 6.42 Å². The number of hydrogen-bond donors (Lipinski definition) is 1. The fourth-order valence-electron chi connectivity index (χ4n) is 3.18. The van der Waals surface area contributed by atoms with Crippen molar-refractivity contribution in [1.29, 1.82) is 0 Å². The summed E-state index contributed by atoms with van der Waals surface area (Å²) in [6, 6.07) is 7.29. The number of carbonyl (C=O) groups is 2. The van der Waals surface area contributed by atoms with Crippen molar-refractivity contribution in [3.05, 3.63) is 29.8 Å². The minimum absolute atomic E-state index is 0.0179. The fourth-order valence-corrected chi connectivity index (χ4v) is 3.18. The molecule has 24 heavy (non-hydrogen) atoms. The second kappa shape index (κ2) is 7.34. The molecule has 1 fully saturated rings. The Balaban J connectivity index is 2.13. The van der Waals surface area contributed by atoms with Gasteiger partial charge < -0.3 is 15.0 Å². The maximum atomic E-state index is 12.7. The highest BCUT2D eigenvalue weighted by atomic mass is 16.5. The first-order valence-electron chi connectivity index (χ1n) is 8.60. The third-order valence-corrected chi connectivity index (χ3v) is 5.04. The number of para-hydroxylation sites is 1. The lowest BCUT2D eigenvalue weighted by molar-refractivity contribution is -0.118. The van der Waals surface area contributed by atoms with Gasteiger partial charge in [-0.3, -0.25) is 9.59 Å². The van der Waals surface area contributed by atoms with Gasteiger partial charge in [0.1, 0.15) is 0 Å². The van der Waals surface area contributed by atoms with Crippen LogP contribution in [-0.4, -0.2) is 37.6 Å². The Bertz CT molecular complexity index is 612. The Hall–Kier alpha value is -1.88. The van der Waals surface area contributed by atoms with Crippen LogP contribution in [0.2, 0.25) is 0 Å². The van der Waals surface area contributed by atoms with E-state index < -0.39 is 0 Å². The second-order valence-corrected chi connectivity index (χ2v) is 6.85. The van der Waals surface area contributed by atoms with E-state index in [4.69, 9.17) is 4.74 Å². The number of hydrogen-bond acceptors (Lipinski definition) is 3. The van der Waals surface area contributed by atoms with E-state index in [1.165, 1.54) is 0 Å². The highest BCUT2D eigenvalue weighted by Gasteiger charge is 2.49. The Labute approximate surface area is 144 Å². The molecule has 1 aromatic rings. The third kappa shape index (κ3) is 3.46. The molecule has 0 radical (unpaired) electrons. The number of amides is 2. The molecule has 0 heterocycles. The summed E-state index contributed by atoms with van der Waals surface area (Å²) < 4.78 is 5.71. The molecule has 0 unspecified atom stereocenters. The van der Waals surface area contributed by atoms with Gasteiger partial charge in [-0.1, -0.05) is 32.9 Å². The first kappa shape index (κ1) is 18.5. The molecule has 0 spiro atoms. The van der Waals surface area contributed by atoms with Gasteiger partial charge in [0, 0.05) is 31.5 Å². The summed E-state index contributed by atoms with van der Waals surface area (Å²) in [6.07, 6.45) is 1.39. The van der Waals surface area contributed by atoms with E-state index in [9.17, 15) is 9.59 Å². The zero-order valence-corrected chi connectivity index (χ0v) is 15.3. The van der Waals surface area contributed by atoms with Crippen molar-refractivity contribution < 1.29 is 14.3 Å². The third-order valence-electron chi connectivity index (χ3n) is 5.04. The molecular formula is C19H28N2O3. The van der Waals surface area contributed by atoms with Gasteiger partial charge in [-0.25, -0.2) is 0 Å². The number of nitrogens with one attached hydrogen (secondary N) is 1. The van der Waals surface area contributed by atoms with E-state index >= 15 is 0 Å². The van der Waals surface area contributed by atoms with Gasteiger partial charge in [0.2, 0.25) is 5.91 Å². The Kier molecular flexibility index (Phi) is 5.65. The summed E-state index contributed by atoms with van der Waals surface area (Å²) in [4.78, 5) is 26.3. The lowest BCUT2D eigenvalue weighted by Crippen LogP contribution is -2.62. The Morgan fingerprint density at radius 3 is 2.54 bits per heavy atom. The number of carbonyl (C=O) groups excluding carboxylic acids is 2. The molecule has 0 saturated heterocycles. The standard InChI is InChI=1S/C19H28N2O3/c1-6-17(22)21(5)14-11-9-8-10-13(14)18(23)20-15-12-16(24-7-2)19(15,3)4/h8-11,15-16H,6-7,12H2,1-5H3,(H,20,23)/t15-,16-/m1/s1. The number of ether oxygens (including phenoxy) is 1. The minimum Gasteiger partial charge on any atom is -0.378 e. The normalized spacial score (nSPS) is 21.7. The molecule has 5 nitrogen and oxygen atoms in total. The minimum atomic E-state index is -0.144.